The lowest BCUT2D eigenvalue weighted by Crippen LogP contribution is -2.45. The Morgan fingerprint density at radius 2 is 1.92 bits per heavy atom. The first-order valence-electron chi connectivity index (χ1n) is 8.95. The Hall–Kier alpha value is -2.02. The van der Waals surface area contributed by atoms with Gasteiger partial charge in [-0.25, -0.2) is 4.98 Å². The van der Waals surface area contributed by atoms with Crippen molar-refractivity contribution in [2.45, 2.75) is 39.5 Å². The maximum Gasteiger partial charge on any atom is 0.260 e. The van der Waals surface area contributed by atoms with E-state index < -0.39 is 0 Å². The fourth-order valence-electron chi connectivity index (χ4n) is 3.64. The predicted molar refractivity (Wildman–Crippen MR) is 106 cm³/mol. The highest BCUT2D eigenvalue weighted by Gasteiger charge is 2.23. The molecule has 26 heavy (non-hydrogen) atoms. The Kier molecular flexibility index (Phi) is 4.65. The Morgan fingerprint density at radius 1 is 1.23 bits per heavy atom. The van der Waals surface area contributed by atoms with Gasteiger partial charge in [0.25, 0.3) is 5.56 Å². The number of hydrogen-bond donors (Lipinski definition) is 1. The van der Waals surface area contributed by atoms with Crippen molar-refractivity contribution in [1.82, 2.24) is 14.9 Å². The van der Waals surface area contributed by atoms with E-state index in [9.17, 15) is 4.79 Å². The van der Waals surface area contributed by atoms with Gasteiger partial charge in [0.15, 0.2) is 0 Å². The van der Waals surface area contributed by atoms with Crippen LogP contribution in [-0.4, -0.2) is 40.2 Å². The predicted octanol–water partition coefficient (Wildman–Crippen LogP) is 3.57. The third-order valence-corrected chi connectivity index (χ3v) is 5.60. The Balaban J connectivity index is 1.66. The van der Waals surface area contributed by atoms with Crippen molar-refractivity contribution >= 4 is 21.6 Å². The minimum absolute atomic E-state index is 0.0591. The van der Waals surface area contributed by atoms with E-state index in [4.69, 9.17) is 9.72 Å². The zero-order valence-electron chi connectivity index (χ0n) is 15.3. The summed E-state index contributed by atoms with van der Waals surface area (Å²) in [6, 6.07) is 8.24. The number of aromatic nitrogens is 2. The lowest BCUT2D eigenvalue weighted by atomic mass is 10.1. The quantitative estimate of drug-likeness (QED) is 0.767. The molecule has 5 nitrogen and oxygen atoms in total. The number of nitrogens with one attached hydrogen (secondary N) is 1. The van der Waals surface area contributed by atoms with E-state index in [2.05, 4.69) is 54.9 Å². The van der Waals surface area contributed by atoms with Crippen LogP contribution in [0.25, 0.3) is 21.3 Å². The zero-order valence-corrected chi connectivity index (χ0v) is 16.1. The highest BCUT2D eigenvalue weighted by Crippen LogP contribution is 2.31. The van der Waals surface area contributed by atoms with Gasteiger partial charge in [0.1, 0.15) is 10.7 Å². The van der Waals surface area contributed by atoms with E-state index in [0.29, 0.717) is 11.9 Å². The first kappa shape index (κ1) is 17.4. The van der Waals surface area contributed by atoms with Gasteiger partial charge in [-0.2, -0.15) is 0 Å². The average molecular weight is 369 g/mol. The monoisotopic (exact) mass is 369 g/mol. The summed E-state index contributed by atoms with van der Waals surface area (Å²) in [6.07, 6.45) is 0.396. The van der Waals surface area contributed by atoms with Crippen LogP contribution < -0.4 is 5.56 Å². The summed E-state index contributed by atoms with van der Waals surface area (Å²) >= 11 is 1.53. The van der Waals surface area contributed by atoms with E-state index in [-0.39, 0.29) is 17.8 Å². The molecule has 0 spiro atoms. The Labute approximate surface area is 156 Å². The second-order valence-electron chi connectivity index (χ2n) is 7.16. The van der Waals surface area contributed by atoms with Crippen molar-refractivity contribution in [3.05, 3.63) is 51.4 Å². The van der Waals surface area contributed by atoms with Crippen molar-refractivity contribution in [2.75, 3.05) is 13.1 Å². The van der Waals surface area contributed by atoms with Crippen molar-refractivity contribution in [3.63, 3.8) is 0 Å². The number of hydrogen-bond acceptors (Lipinski definition) is 5. The summed E-state index contributed by atoms with van der Waals surface area (Å²) < 4.78 is 5.78. The van der Waals surface area contributed by atoms with E-state index in [0.717, 1.165) is 34.9 Å². The standard InChI is InChI=1S/C20H23N3O2S/c1-12-4-6-15(7-5-12)16-11-26-20-18(16)19(24)21-17(22-20)10-23-8-13(2)25-14(3)9-23/h4-7,11,13-14H,8-10H2,1-3H3,(H,21,22,24)/t13-,14-/m0/s1. The molecule has 0 radical (unpaired) electrons. The summed E-state index contributed by atoms with van der Waals surface area (Å²) in [4.78, 5) is 23.6. The van der Waals surface area contributed by atoms with Gasteiger partial charge in [0.05, 0.1) is 24.1 Å². The summed E-state index contributed by atoms with van der Waals surface area (Å²) in [5, 5.41) is 2.71. The molecule has 6 heteroatoms. The summed E-state index contributed by atoms with van der Waals surface area (Å²) in [6.45, 7) is 8.56. The number of aromatic amines is 1. The van der Waals surface area contributed by atoms with Crippen molar-refractivity contribution < 1.29 is 4.74 Å². The highest BCUT2D eigenvalue weighted by atomic mass is 32.1. The van der Waals surface area contributed by atoms with Gasteiger partial charge in [-0.1, -0.05) is 29.8 Å². The number of thiophene rings is 1. The molecule has 1 aliphatic heterocycles. The number of H-pyrrole nitrogens is 1. The SMILES string of the molecule is Cc1ccc(-c2csc3nc(CN4C[C@H](C)O[C@@H](C)C4)[nH]c(=O)c23)cc1. The van der Waals surface area contributed by atoms with Crippen LogP contribution in [0, 0.1) is 6.92 Å². The van der Waals surface area contributed by atoms with Crippen LogP contribution in [-0.2, 0) is 11.3 Å². The van der Waals surface area contributed by atoms with Crippen LogP contribution in [0.1, 0.15) is 25.2 Å². The molecule has 3 heterocycles. The van der Waals surface area contributed by atoms with Gasteiger partial charge >= 0.3 is 0 Å². The van der Waals surface area contributed by atoms with E-state index in [1.807, 2.05) is 5.38 Å². The van der Waals surface area contributed by atoms with Gasteiger partial charge in [0, 0.05) is 24.0 Å². The Bertz CT molecular complexity index is 967. The molecule has 2 atom stereocenters. The topological polar surface area (TPSA) is 58.2 Å². The minimum Gasteiger partial charge on any atom is -0.373 e. The van der Waals surface area contributed by atoms with Gasteiger partial charge in [-0.05, 0) is 26.3 Å². The number of rotatable bonds is 3. The number of nitrogens with zero attached hydrogens (tertiary/aromatic N) is 2. The molecule has 0 unspecified atom stereocenters. The van der Waals surface area contributed by atoms with Crippen LogP contribution in [0.5, 0.6) is 0 Å². The molecule has 0 bridgehead atoms. The fraction of sp³-hybridized carbons (Fsp3) is 0.400. The zero-order chi connectivity index (χ0) is 18.3. The lowest BCUT2D eigenvalue weighted by molar-refractivity contribution is -0.0710. The van der Waals surface area contributed by atoms with Crippen LogP contribution in [0.4, 0.5) is 0 Å². The molecule has 1 saturated heterocycles. The second kappa shape index (κ2) is 6.95. The first-order valence-corrected chi connectivity index (χ1v) is 9.83. The number of morpholine rings is 1. The van der Waals surface area contributed by atoms with E-state index in [1.165, 1.54) is 16.9 Å². The molecule has 3 aromatic rings. The van der Waals surface area contributed by atoms with Crippen LogP contribution in [0.15, 0.2) is 34.4 Å². The molecular formula is C20H23N3O2S. The smallest absolute Gasteiger partial charge is 0.260 e. The number of ether oxygens (including phenoxy) is 1. The normalized spacial score (nSPS) is 21.3. The molecule has 1 fully saturated rings. The molecule has 1 aliphatic rings. The highest BCUT2D eigenvalue weighted by molar-refractivity contribution is 7.17. The molecule has 1 aromatic carbocycles. The first-order chi connectivity index (χ1) is 12.5. The minimum atomic E-state index is -0.0591. The number of benzene rings is 1. The van der Waals surface area contributed by atoms with Crippen molar-refractivity contribution in [3.8, 4) is 11.1 Å². The maximum absolute atomic E-state index is 12.8. The molecule has 0 saturated carbocycles. The number of aryl methyl sites for hydroxylation is 1. The molecule has 4 rings (SSSR count). The lowest BCUT2D eigenvalue weighted by Gasteiger charge is -2.34. The second-order valence-corrected chi connectivity index (χ2v) is 8.02. The fourth-order valence-corrected chi connectivity index (χ4v) is 4.61. The van der Waals surface area contributed by atoms with Crippen molar-refractivity contribution in [1.29, 1.82) is 0 Å². The van der Waals surface area contributed by atoms with Crippen molar-refractivity contribution in [2.24, 2.45) is 0 Å². The van der Waals surface area contributed by atoms with Crippen LogP contribution in [0.3, 0.4) is 0 Å². The largest absolute Gasteiger partial charge is 0.373 e. The Morgan fingerprint density at radius 3 is 2.62 bits per heavy atom. The van der Waals surface area contributed by atoms with E-state index in [1.54, 1.807) is 0 Å². The third-order valence-electron chi connectivity index (χ3n) is 4.72. The third kappa shape index (κ3) is 3.45. The molecular weight excluding hydrogens is 346 g/mol. The molecule has 0 aliphatic carbocycles. The van der Waals surface area contributed by atoms with Gasteiger partial charge in [-0.3, -0.25) is 9.69 Å². The van der Waals surface area contributed by atoms with Crippen LogP contribution >= 0.6 is 11.3 Å². The molecule has 2 aromatic heterocycles. The summed E-state index contributed by atoms with van der Waals surface area (Å²) in [7, 11) is 0. The summed E-state index contributed by atoms with van der Waals surface area (Å²) in [5.74, 6) is 0.723. The molecule has 1 N–H and O–H groups in total. The molecule has 136 valence electrons. The maximum atomic E-state index is 12.8. The van der Waals surface area contributed by atoms with Gasteiger partial charge in [-0.15, -0.1) is 11.3 Å². The average Bonchev–Trinajstić information content (AvgIpc) is 2.99. The van der Waals surface area contributed by atoms with Gasteiger partial charge < -0.3 is 9.72 Å². The van der Waals surface area contributed by atoms with Gasteiger partial charge in [0.2, 0.25) is 0 Å². The number of fused-ring (bicyclic) bond motifs is 1. The summed E-state index contributed by atoms with van der Waals surface area (Å²) in [5.41, 5.74) is 3.16. The van der Waals surface area contributed by atoms with E-state index >= 15 is 0 Å². The van der Waals surface area contributed by atoms with Crippen LogP contribution in [0.2, 0.25) is 0 Å². The molecule has 0 amide bonds.